The van der Waals surface area contributed by atoms with Gasteiger partial charge in [0.25, 0.3) is 0 Å². The Morgan fingerprint density at radius 1 is 0.710 bits per heavy atom. The number of hydrogen-bond acceptors (Lipinski definition) is 3. The van der Waals surface area contributed by atoms with E-state index in [0.29, 0.717) is 0 Å². The van der Waals surface area contributed by atoms with Crippen LogP contribution in [0.25, 0.3) is 5.57 Å². The summed E-state index contributed by atoms with van der Waals surface area (Å²) >= 11 is 0. The third-order valence-corrected chi connectivity index (χ3v) is 5.74. The van der Waals surface area contributed by atoms with Gasteiger partial charge in [0.1, 0.15) is 6.29 Å². The van der Waals surface area contributed by atoms with Crippen molar-refractivity contribution in [3.63, 3.8) is 0 Å². The van der Waals surface area contributed by atoms with E-state index in [1.165, 1.54) is 22.5 Å². The lowest BCUT2D eigenvalue weighted by molar-refractivity contribution is -0.103. The Balaban J connectivity index is 2.04. The van der Waals surface area contributed by atoms with Gasteiger partial charge in [-0.1, -0.05) is 67.6 Å². The van der Waals surface area contributed by atoms with E-state index < -0.39 is 0 Å². The lowest BCUT2D eigenvalue weighted by atomic mass is 9.80. The SMILES string of the molecule is C[C@H](/C=C(\C=O)c1ccccc1)C(c1ccc(N(C)C)cc1)c1ccc(N(C)C)cc1. The van der Waals surface area contributed by atoms with Gasteiger partial charge < -0.3 is 9.80 Å². The molecule has 0 N–H and O–H groups in total. The van der Waals surface area contributed by atoms with Gasteiger partial charge in [-0.3, -0.25) is 4.79 Å². The first-order chi connectivity index (χ1) is 14.9. The molecule has 3 aromatic rings. The first-order valence-corrected chi connectivity index (χ1v) is 10.7. The van der Waals surface area contributed by atoms with Gasteiger partial charge in [-0.15, -0.1) is 0 Å². The summed E-state index contributed by atoms with van der Waals surface area (Å²) in [4.78, 5) is 16.1. The number of carbonyl (C=O) groups excluding carboxylic acids is 1. The second-order valence-corrected chi connectivity index (χ2v) is 8.41. The normalized spacial score (nSPS) is 12.5. The Hall–Kier alpha value is -3.33. The maximum absolute atomic E-state index is 11.9. The highest BCUT2D eigenvalue weighted by Gasteiger charge is 2.21. The number of nitrogens with zero attached hydrogens (tertiary/aromatic N) is 2. The maximum Gasteiger partial charge on any atom is 0.150 e. The summed E-state index contributed by atoms with van der Waals surface area (Å²) in [5.41, 5.74) is 6.51. The van der Waals surface area contributed by atoms with E-state index in [-0.39, 0.29) is 11.8 Å². The number of carbonyl (C=O) groups is 1. The standard InChI is InChI=1S/C28H32N2O/c1-21(19-25(20-31)22-9-7-6-8-10-22)28(23-11-15-26(16-12-23)29(2)3)24-13-17-27(18-14-24)30(4)5/h6-21,28H,1-5H3/b25-19+/t21-/m1/s1. The van der Waals surface area contributed by atoms with Crippen LogP contribution in [0, 0.1) is 5.92 Å². The molecule has 0 saturated heterocycles. The molecule has 0 aliphatic carbocycles. The second kappa shape index (κ2) is 10.1. The molecule has 3 nitrogen and oxygen atoms in total. The topological polar surface area (TPSA) is 23.6 Å². The number of anilines is 2. The molecule has 0 radical (unpaired) electrons. The molecule has 3 rings (SSSR count). The molecular weight excluding hydrogens is 380 g/mol. The van der Waals surface area contributed by atoms with Crippen LogP contribution in [0.3, 0.4) is 0 Å². The third kappa shape index (κ3) is 5.43. The summed E-state index contributed by atoms with van der Waals surface area (Å²) in [5, 5.41) is 0. The van der Waals surface area contributed by atoms with Crippen LogP contribution in [-0.4, -0.2) is 34.5 Å². The highest BCUT2D eigenvalue weighted by molar-refractivity contribution is 6.06. The fourth-order valence-corrected chi connectivity index (χ4v) is 3.97. The summed E-state index contributed by atoms with van der Waals surface area (Å²) in [6.45, 7) is 2.19. The average molecular weight is 413 g/mol. The van der Waals surface area contributed by atoms with E-state index in [4.69, 9.17) is 0 Å². The fraction of sp³-hybridized carbons (Fsp3) is 0.250. The summed E-state index contributed by atoms with van der Waals surface area (Å²) in [6, 6.07) is 27.3. The van der Waals surface area contributed by atoms with Gasteiger partial charge in [0.15, 0.2) is 0 Å². The molecule has 3 aromatic carbocycles. The van der Waals surface area contributed by atoms with Gasteiger partial charge in [-0.2, -0.15) is 0 Å². The highest BCUT2D eigenvalue weighted by Crippen LogP contribution is 2.35. The minimum atomic E-state index is 0.135. The van der Waals surface area contributed by atoms with E-state index in [2.05, 4.69) is 71.3 Å². The molecule has 0 aromatic heterocycles. The van der Waals surface area contributed by atoms with Crippen LogP contribution < -0.4 is 9.80 Å². The number of hydrogen-bond donors (Lipinski definition) is 0. The summed E-state index contributed by atoms with van der Waals surface area (Å²) < 4.78 is 0. The number of benzene rings is 3. The molecular formula is C28H32N2O. The van der Waals surface area contributed by atoms with Crippen LogP contribution in [0.4, 0.5) is 11.4 Å². The minimum Gasteiger partial charge on any atom is -0.378 e. The molecule has 0 unspecified atom stereocenters. The summed E-state index contributed by atoms with van der Waals surface area (Å²) in [5.74, 6) is 0.280. The molecule has 0 saturated carbocycles. The molecule has 3 heteroatoms. The zero-order valence-corrected chi connectivity index (χ0v) is 19.1. The second-order valence-electron chi connectivity index (χ2n) is 8.41. The monoisotopic (exact) mass is 412 g/mol. The Morgan fingerprint density at radius 3 is 1.55 bits per heavy atom. The molecule has 0 amide bonds. The summed E-state index contributed by atoms with van der Waals surface area (Å²) in [6.07, 6.45) is 3.07. The van der Waals surface area contributed by atoms with Crippen LogP contribution in [0.15, 0.2) is 84.9 Å². The Bertz CT molecular complexity index is 952. The fourth-order valence-electron chi connectivity index (χ4n) is 3.97. The van der Waals surface area contributed by atoms with Crippen molar-refractivity contribution in [2.45, 2.75) is 12.8 Å². The molecule has 0 bridgehead atoms. The summed E-state index contributed by atoms with van der Waals surface area (Å²) in [7, 11) is 8.20. The van der Waals surface area contributed by atoms with Crippen LogP contribution in [0.5, 0.6) is 0 Å². The maximum atomic E-state index is 11.9. The van der Waals surface area contributed by atoms with Gasteiger partial charge in [0.05, 0.1) is 0 Å². The Labute approximate surface area is 186 Å². The lowest BCUT2D eigenvalue weighted by Gasteiger charge is -2.25. The van der Waals surface area contributed by atoms with Crippen molar-refractivity contribution in [1.29, 1.82) is 0 Å². The van der Waals surface area contributed by atoms with Gasteiger partial charge >= 0.3 is 0 Å². The van der Waals surface area contributed by atoms with Crippen molar-refractivity contribution in [2.75, 3.05) is 38.0 Å². The van der Waals surface area contributed by atoms with Crippen molar-refractivity contribution in [2.24, 2.45) is 5.92 Å². The van der Waals surface area contributed by atoms with Crippen LogP contribution in [0.2, 0.25) is 0 Å². The van der Waals surface area contributed by atoms with E-state index >= 15 is 0 Å². The predicted molar refractivity (Wildman–Crippen MR) is 133 cm³/mol. The molecule has 31 heavy (non-hydrogen) atoms. The van der Waals surface area contributed by atoms with Gasteiger partial charge in [-0.25, -0.2) is 0 Å². The van der Waals surface area contributed by atoms with E-state index in [9.17, 15) is 4.79 Å². The van der Waals surface area contributed by atoms with Crippen LogP contribution in [-0.2, 0) is 4.79 Å². The van der Waals surface area contributed by atoms with Gasteiger partial charge in [-0.05, 0) is 46.9 Å². The van der Waals surface area contributed by atoms with Crippen molar-refractivity contribution in [1.82, 2.24) is 0 Å². The molecule has 160 valence electrons. The minimum absolute atomic E-state index is 0.135. The van der Waals surface area contributed by atoms with Crippen molar-refractivity contribution in [3.05, 3.63) is 102 Å². The first kappa shape index (κ1) is 22.4. The smallest absolute Gasteiger partial charge is 0.150 e. The zero-order chi connectivity index (χ0) is 22.4. The molecule has 0 aliphatic heterocycles. The van der Waals surface area contributed by atoms with E-state index in [1.54, 1.807) is 0 Å². The zero-order valence-electron chi connectivity index (χ0n) is 19.1. The number of allylic oxidation sites excluding steroid dienone is 2. The van der Waals surface area contributed by atoms with Crippen LogP contribution in [0.1, 0.15) is 29.5 Å². The first-order valence-electron chi connectivity index (χ1n) is 10.7. The van der Waals surface area contributed by atoms with Crippen molar-refractivity contribution < 1.29 is 4.79 Å². The highest BCUT2D eigenvalue weighted by atomic mass is 16.1. The molecule has 0 heterocycles. The van der Waals surface area contributed by atoms with Crippen molar-refractivity contribution >= 4 is 23.2 Å². The Kier molecular flexibility index (Phi) is 7.30. The van der Waals surface area contributed by atoms with E-state index in [1.807, 2.05) is 58.5 Å². The van der Waals surface area contributed by atoms with E-state index in [0.717, 1.165) is 17.4 Å². The third-order valence-electron chi connectivity index (χ3n) is 5.74. The Morgan fingerprint density at radius 2 is 1.16 bits per heavy atom. The van der Waals surface area contributed by atoms with Crippen molar-refractivity contribution in [3.8, 4) is 0 Å². The molecule has 0 aliphatic rings. The molecule has 1 atom stereocenters. The lowest BCUT2D eigenvalue weighted by Crippen LogP contribution is -2.13. The van der Waals surface area contributed by atoms with Gasteiger partial charge in [0.2, 0.25) is 0 Å². The number of rotatable bonds is 8. The van der Waals surface area contributed by atoms with Crippen LogP contribution >= 0.6 is 0 Å². The predicted octanol–water partition coefficient (Wildman–Crippen LogP) is 5.87. The number of aldehydes is 1. The molecule has 0 fully saturated rings. The molecule has 0 spiro atoms. The quantitative estimate of drug-likeness (QED) is 0.341. The largest absolute Gasteiger partial charge is 0.378 e. The average Bonchev–Trinajstić information content (AvgIpc) is 2.79. The van der Waals surface area contributed by atoms with Gasteiger partial charge in [0, 0.05) is 51.1 Å².